The van der Waals surface area contributed by atoms with Crippen LogP contribution in [0.5, 0.6) is 0 Å². The van der Waals surface area contributed by atoms with Crippen molar-refractivity contribution in [2.24, 2.45) is 5.73 Å². The first-order chi connectivity index (χ1) is 7.40. The molecule has 15 heavy (non-hydrogen) atoms. The van der Waals surface area contributed by atoms with E-state index in [4.69, 9.17) is 5.73 Å². The third kappa shape index (κ3) is 2.30. The number of aromatic nitrogens is 2. The molecule has 74 valence electrons. The molecule has 3 nitrogen and oxygen atoms in total. The molecule has 0 saturated heterocycles. The van der Waals surface area contributed by atoms with E-state index in [1.165, 1.54) is 0 Å². The standard InChI is InChI=1S/C12H11N3/c13-8-4-3-5-10-9-14-11-6-1-2-7-12(11)15-10/h1-2,6-7,9H,4,8,13H2. The summed E-state index contributed by atoms with van der Waals surface area (Å²) in [6, 6.07) is 7.74. The lowest BCUT2D eigenvalue weighted by atomic mass is 10.3. The molecule has 0 aliphatic carbocycles. The molecular weight excluding hydrogens is 186 g/mol. The van der Waals surface area contributed by atoms with Crippen molar-refractivity contribution in [2.45, 2.75) is 6.42 Å². The van der Waals surface area contributed by atoms with Gasteiger partial charge in [0.05, 0.1) is 17.2 Å². The Kier molecular flexibility index (Phi) is 2.91. The molecule has 3 heteroatoms. The topological polar surface area (TPSA) is 51.8 Å². The minimum atomic E-state index is 0.577. The first-order valence-corrected chi connectivity index (χ1v) is 4.81. The Morgan fingerprint density at radius 3 is 2.80 bits per heavy atom. The third-order valence-corrected chi connectivity index (χ3v) is 1.93. The highest BCUT2D eigenvalue weighted by Crippen LogP contribution is 2.07. The van der Waals surface area contributed by atoms with Crippen LogP contribution in [0.4, 0.5) is 0 Å². The van der Waals surface area contributed by atoms with E-state index in [9.17, 15) is 0 Å². The van der Waals surface area contributed by atoms with Crippen molar-refractivity contribution in [3.8, 4) is 11.8 Å². The Morgan fingerprint density at radius 2 is 2.00 bits per heavy atom. The maximum atomic E-state index is 5.34. The van der Waals surface area contributed by atoms with Crippen LogP contribution in [0, 0.1) is 11.8 Å². The molecule has 0 fully saturated rings. The molecule has 0 spiro atoms. The molecule has 0 saturated carbocycles. The number of hydrogen-bond donors (Lipinski definition) is 1. The highest BCUT2D eigenvalue weighted by atomic mass is 14.8. The van der Waals surface area contributed by atoms with E-state index in [1.54, 1.807) is 6.20 Å². The molecule has 2 N–H and O–H groups in total. The Bertz CT molecular complexity index is 523. The number of hydrogen-bond acceptors (Lipinski definition) is 3. The molecule has 0 atom stereocenters. The molecule has 0 aliphatic rings. The average molecular weight is 197 g/mol. The predicted octanol–water partition coefficient (Wildman–Crippen LogP) is 1.33. The summed E-state index contributed by atoms with van der Waals surface area (Å²) >= 11 is 0. The Hall–Kier alpha value is -1.92. The average Bonchev–Trinajstić information content (AvgIpc) is 2.29. The highest BCUT2D eigenvalue weighted by molar-refractivity contribution is 5.74. The van der Waals surface area contributed by atoms with Crippen molar-refractivity contribution in [2.75, 3.05) is 6.54 Å². The summed E-state index contributed by atoms with van der Waals surface area (Å²) in [6.07, 6.45) is 2.38. The van der Waals surface area contributed by atoms with Crippen LogP contribution in [0.3, 0.4) is 0 Å². The van der Waals surface area contributed by atoms with Gasteiger partial charge in [0.1, 0.15) is 5.69 Å². The highest BCUT2D eigenvalue weighted by Gasteiger charge is 1.95. The smallest absolute Gasteiger partial charge is 0.132 e. The molecule has 1 aromatic heterocycles. The van der Waals surface area contributed by atoms with Crippen LogP contribution in [-0.4, -0.2) is 16.5 Å². The van der Waals surface area contributed by atoms with Crippen LogP contribution in [0.1, 0.15) is 12.1 Å². The summed E-state index contributed by atoms with van der Waals surface area (Å²) in [5, 5.41) is 0. The van der Waals surface area contributed by atoms with Crippen molar-refractivity contribution in [1.29, 1.82) is 0 Å². The number of fused-ring (bicyclic) bond motifs is 1. The second-order valence-electron chi connectivity index (χ2n) is 3.08. The molecule has 0 aliphatic heterocycles. The van der Waals surface area contributed by atoms with Gasteiger partial charge in [-0.2, -0.15) is 0 Å². The van der Waals surface area contributed by atoms with Crippen LogP contribution in [0.25, 0.3) is 11.0 Å². The normalized spacial score (nSPS) is 9.67. The summed E-state index contributed by atoms with van der Waals surface area (Å²) in [4.78, 5) is 8.63. The van der Waals surface area contributed by atoms with Gasteiger partial charge in [-0.25, -0.2) is 4.98 Å². The minimum Gasteiger partial charge on any atom is -0.330 e. The molecular formula is C12H11N3. The second kappa shape index (κ2) is 4.54. The van der Waals surface area contributed by atoms with Crippen molar-refractivity contribution in [3.05, 3.63) is 36.2 Å². The molecule has 0 amide bonds. The molecule has 2 rings (SSSR count). The maximum absolute atomic E-state index is 5.34. The van der Waals surface area contributed by atoms with E-state index in [0.717, 1.165) is 11.0 Å². The monoisotopic (exact) mass is 197 g/mol. The van der Waals surface area contributed by atoms with Gasteiger partial charge in [0.2, 0.25) is 0 Å². The molecule has 2 aromatic rings. The summed E-state index contributed by atoms with van der Waals surface area (Å²) in [7, 11) is 0. The van der Waals surface area contributed by atoms with Crippen LogP contribution >= 0.6 is 0 Å². The van der Waals surface area contributed by atoms with Gasteiger partial charge in [-0.05, 0) is 18.1 Å². The summed E-state index contributed by atoms with van der Waals surface area (Å²) in [5.41, 5.74) is 7.80. The zero-order chi connectivity index (χ0) is 10.5. The van der Waals surface area contributed by atoms with Crippen molar-refractivity contribution in [3.63, 3.8) is 0 Å². The van der Waals surface area contributed by atoms with E-state index < -0.39 is 0 Å². The van der Waals surface area contributed by atoms with Gasteiger partial charge in [0.25, 0.3) is 0 Å². The number of nitrogens with zero attached hydrogens (tertiary/aromatic N) is 2. The summed E-state index contributed by atoms with van der Waals surface area (Å²) in [6.45, 7) is 0.577. The maximum Gasteiger partial charge on any atom is 0.132 e. The lowest BCUT2D eigenvalue weighted by Gasteiger charge is -1.95. The van der Waals surface area contributed by atoms with Crippen LogP contribution in [0.2, 0.25) is 0 Å². The zero-order valence-electron chi connectivity index (χ0n) is 8.27. The number of benzene rings is 1. The molecule has 1 aromatic carbocycles. The summed E-state index contributed by atoms with van der Waals surface area (Å²) < 4.78 is 0. The first kappa shape index (κ1) is 9.63. The fourth-order valence-corrected chi connectivity index (χ4v) is 1.24. The largest absolute Gasteiger partial charge is 0.330 e. The van der Waals surface area contributed by atoms with Gasteiger partial charge in [-0.15, -0.1) is 0 Å². The zero-order valence-corrected chi connectivity index (χ0v) is 8.27. The number of rotatable bonds is 1. The Morgan fingerprint density at radius 1 is 1.20 bits per heavy atom. The van der Waals surface area contributed by atoms with Gasteiger partial charge in [-0.1, -0.05) is 18.1 Å². The second-order valence-corrected chi connectivity index (χ2v) is 3.08. The van der Waals surface area contributed by atoms with Crippen molar-refractivity contribution < 1.29 is 0 Å². The third-order valence-electron chi connectivity index (χ3n) is 1.93. The van der Waals surface area contributed by atoms with Crippen LogP contribution in [0.15, 0.2) is 30.5 Å². The quantitative estimate of drug-likeness (QED) is 0.702. The molecule has 0 radical (unpaired) electrons. The van der Waals surface area contributed by atoms with Crippen LogP contribution in [-0.2, 0) is 0 Å². The number of para-hydroxylation sites is 2. The van der Waals surface area contributed by atoms with E-state index in [1.807, 2.05) is 24.3 Å². The lowest BCUT2D eigenvalue weighted by Crippen LogP contribution is -1.95. The fourth-order valence-electron chi connectivity index (χ4n) is 1.24. The van der Waals surface area contributed by atoms with Gasteiger partial charge in [0, 0.05) is 13.0 Å². The van der Waals surface area contributed by atoms with Crippen molar-refractivity contribution >= 4 is 11.0 Å². The van der Waals surface area contributed by atoms with E-state index in [0.29, 0.717) is 18.7 Å². The first-order valence-electron chi connectivity index (χ1n) is 4.81. The van der Waals surface area contributed by atoms with Crippen LogP contribution < -0.4 is 5.73 Å². The molecule has 1 heterocycles. The van der Waals surface area contributed by atoms with E-state index >= 15 is 0 Å². The Balaban J connectivity index is 2.36. The Labute approximate surface area is 88.4 Å². The van der Waals surface area contributed by atoms with E-state index in [2.05, 4.69) is 21.8 Å². The van der Waals surface area contributed by atoms with Gasteiger partial charge in [0.15, 0.2) is 0 Å². The van der Waals surface area contributed by atoms with E-state index in [-0.39, 0.29) is 0 Å². The summed E-state index contributed by atoms with van der Waals surface area (Å²) in [5.74, 6) is 5.87. The lowest BCUT2D eigenvalue weighted by molar-refractivity contribution is 1.03. The number of nitrogens with two attached hydrogens (primary N) is 1. The predicted molar refractivity (Wildman–Crippen MR) is 60.1 cm³/mol. The molecule has 0 unspecified atom stereocenters. The van der Waals surface area contributed by atoms with Crippen molar-refractivity contribution in [1.82, 2.24) is 9.97 Å². The minimum absolute atomic E-state index is 0.577. The van der Waals surface area contributed by atoms with Gasteiger partial charge < -0.3 is 5.73 Å². The SMILES string of the molecule is NCCC#Cc1cnc2ccccc2n1. The van der Waals surface area contributed by atoms with Gasteiger partial charge in [-0.3, -0.25) is 4.98 Å². The van der Waals surface area contributed by atoms with Gasteiger partial charge >= 0.3 is 0 Å². The molecule has 0 bridgehead atoms. The fraction of sp³-hybridized carbons (Fsp3) is 0.167.